The SMILES string of the molecule is CCCCC/C=C/CCCCCCCCC(=O)N[C@@H](CCC(=O)NCCCC)C(=O)NCCCC. The van der Waals surface area contributed by atoms with E-state index in [2.05, 4.69) is 48.9 Å². The summed E-state index contributed by atoms with van der Waals surface area (Å²) in [5, 5.41) is 8.64. The van der Waals surface area contributed by atoms with E-state index in [1.165, 1.54) is 51.4 Å². The summed E-state index contributed by atoms with van der Waals surface area (Å²) in [5.41, 5.74) is 0. The minimum absolute atomic E-state index is 0.0639. The third-order valence-corrected chi connectivity index (χ3v) is 6.16. The van der Waals surface area contributed by atoms with Gasteiger partial charge in [-0.15, -0.1) is 0 Å². The van der Waals surface area contributed by atoms with E-state index in [0.717, 1.165) is 44.9 Å². The molecule has 0 aliphatic carbocycles. The number of carbonyl (C=O) groups excluding carboxylic acids is 3. The molecular weight excluding hydrogens is 438 g/mol. The summed E-state index contributed by atoms with van der Waals surface area (Å²) < 4.78 is 0. The zero-order valence-electron chi connectivity index (χ0n) is 23.1. The second kappa shape index (κ2) is 25.2. The predicted octanol–water partition coefficient (Wildman–Crippen LogP) is 6.34. The molecule has 6 heteroatoms. The van der Waals surface area contributed by atoms with Crippen molar-refractivity contribution in [2.45, 2.75) is 142 Å². The van der Waals surface area contributed by atoms with Crippen molar-refractivity contribution in [1.82, 2.24) is 16.0 Å². The molecule has 0 saturated carbocycles. The van der Waals surface area contributed by atoms with Crippen LogP contribution in [0.2, 0.25) is 0 Å². The number of unbranched alkanes of at least 4 members (excludes halogenated alkanes) is 11. The van der Waals surface area contributed by atoms with Crippen LogP contribution in [0.1, 0.15) is 136 Å². The maximum Gasteiger partial charge on any atom is 0.242 e. The summed E-state index contributed by atoms with van der Waals surface area (Å²) in [6.07, 6.45) is 22.5. The molecule has 3 N–H and O–H groups in total. The van der Waals surface area contributed by atoms with Gasteiger partial charge >= 0.3 is 0 Å². The Kier molecular flexibility index (Phi) is 23.9. The van der Waals surface area contributed by atoms with E-state index >= 15 is 0 Å². The minimum Gasteiger partial charge on any atom is -0.356 e. The van der Waals surface area contributed by atoms with Gasteiger partial charge in [-0.2, -0.15) is 0 Å². The molecule has 204 valence electrons. The van der Waals surface area contributed by atoms with Gasteiger partial charge < -0.3 is 16.0 Å². The predicted molar refractivity (Wildman–Crippen MR) is 147 cm³/mol. The fourth-order valence-corrected chi connectivity index (χ4v) is 3.82. The summed E-state index contributed by atoms with van der Waals surface area (Å²) >= 11 is 0. The van der Waals surface area contributed by atoms with E-state index in [1.807, 2.05) is 0 Å². The second-order valence-corrected chi connectivity index (χ2v) is 9.63. The van der Waals surface area contributed by atoms with Gasteiger partial charge in [-0.05, 0) is 51.4 Å². The van der Waals surface area contributed by atoms with Crippen LogP contribution in [0.25, 0.3) is 0 Å². The molecule has 0 fully saturated rings. The smallest absolute Gasteiger partial charge is 0.242 e. The largest absolute Gasteiger partial charge is 0.356 e. The Labute approximate surface area is 215 Å². The van der Waals surface area contributed by atoms with Gasteiger partial charge in [0.1, 0.15) is 6.04 Å². The van der Waals surface area contributed by atoms with Crippen molar-refractivity contribution in [2.24, 2.45) is 0 Å². The van der Waals surface area contributed by atoms with Crippen LogP contribution in [0.15, 0.2) is 12.2 Å². The Hall–Kier alpha value is -1.85. The zero-order valence-corrected chi connectivity index (χ0v) is 23.1. The van der Waals surface area contributed by atoms with Crippen LogP contribution in [0.3, 0.4) is 0 Å². The van der Waals surface area contributed by atoms with Gasteiger partial charge in [-0.25, -0.2) is 0 Å². The van der Waals surface area contributed by atoms with Gasteiger partial charge in [0.15, 0.2) is 0 Å². The summed E-state index contributed by atoms with van der Waals surface area (Å²) in [5.74, 6) is -0.348. The monoisotopic (exact) mass is 493 g/mol. The lowest BCUT2D eigenvalue weighted by Gasteiger charge is -2.18. The molecule has 0 aliphatic heterocycles. The first-order chi connectivity index (χ1) is 17.0. The molecule has 0 heterocycles. The van der Waals surface area contributed by atoms with Gasteiger partial charge in [-0.3, -0.25) is 14.4 Å². The molecule has 0 aromatic rings. The minimum atomic E-state index is -0.647. The molecule has 0 bridgehead atoms. The lowest BCUT2D eigenvalue weighted by molar-refractivity contribution is -0.129. The Bertz CT molecular complexity index is 563. The molecular formula is C29H55N3O3. The van der Waals surface area contributed by atoms with Crippen LogP contribution in [0.5, 0.6) is 0 Å². The third-order valence-electron chi connectivity index (χ3n) is 6.16. The lowest BCUT2D eigenvalue weighted by Crippen LogP contribution is -2.47. The fourth-order valence-electron chi connectivity index (χ4n) is 3.82. The Morgan fingerprint density at radius 3 is 1.77 bits per heavy atom. The maximum atomic E-state index is 12.6. The van der Waals surface area contributed by atoms with E-state index in [0.29, 0.717) is 25.9 Å². The Morgan fingerprint density at radius 1 is 0.600 bits per heavy atom. The highest BCUT2D eigenvalue weighted by Crippen LogP contribution is 2.10. The first kappa shape index (κ1) is 33.1. The topological polar surface area (TPSA) is 87.3 Å². The van der Waals surface area contributed by atoms with Gasteiger partial charge in [-0.1, -0.05) is 84.3 Å². The van der Waals surface area contributed by atoms with Crippen LogP contribution in [0, 0.1) is 0 Å². The van der Waals surface area contributed by atoms with Gasteiger partial charge in [0.25, 0.3) is 0 Å². The van der Waals surface area contributed by atoms with E-state index in [4.69, 9.17) is 0 Å². The van der Waals surface area contributed by atoms with Crippen molar-refractivity contribution >= 4 is 17.7 Å². The van der Waals surface area contributed by atoms with Crippen molar-refractivity contribution in [1.29, 1.82) is 0 Å². The third kappa shape index (κ3) is 22.4. The van der Waals surface area contributed by atoms with E-state index < -0.39 is 6.04 Å². The van der Waals surface area contributed by atoms with E-state index in [-0.39, 0.29) is 24.1 Å². The fraction of sp³-hybridized carbons (Fsp3) is 0.828. The summed E-state index contributed by atoms with van der Waals surface area (Å²) in [7, 11) is 0. The molecule has 0 rings (SSSR count). The molecule has 0 aromatic heterocycles. The summed E-state index contributed by atoms with van der Waals surface area (Å²) in [6.45, 7) is 7.63. The van der Waals surface area contributed by atoms with Crippen LogP contribution in [0.4, 0.5) is 0 Å². The van der Waals surface area contributed by atoms with E-state index in [1.54, 1.807) is 0 Å². The standard InChI is InChI=1S/C29H55N3O3/c1-4-7-10-11-12-13-14-15-16-17-18-19-20-21-28(34)32-26(29(35)31-25-9-6-3)22-23-27(33)30-24-8-5-2/h12-13,26H,4-11,14-25H2,1-3H3,(H,30,33)(H,31,35)(H,32,34)/b13-12+/t26-/m0/s1. The number of hydrogen-bond acceptors (Lipinski definition) is 3. The van der Waals surface area contributed by atoms with Crippen molar-refractivity contribution in [3.05, 3.63) is 12.2 Å². The van der Waals surface area contributed by atoms with Gasteiger partial charge in [0, 0.05) is 25.9 Å². The number of rotatable bonds is 24. The van der Waals surface area contributed by atoms with Crippen LogP contribution in [-0.4, -0.2) is 36.9 Å². The second-order valence-electron chi connectivity index (χ2n) is 9.63. The highest BCUT2D eigenvalue weighted by Gasteiger charge is 2.21. The first-order valence-corrected chi connectivity index (χ1v) is 14.5. The average Bonchev–Trinajstić information content (AvgIpc) is 2.84. The van der Waals surface area contributed by atoms with Gasteiger partial charge in [0.05, 0.1) is 0 Å². The molecule has 0 aliphatic rings. The van der Waals surface area contributed by atoms with E-state index in [9.17, 15) is 14.4 Å². The van der Waals surface area contributed by atoms with Crippen LogP contribution in [-0.2, 0) is 14.4 Å². The maximum absolute atomic E-state index is 12.6. The number of nitrogens with one attached hydrogen (secondary N) is 3. The number of amides is 3. The quantitative estimate of drug-likeness (QED) is 0.108. The van der Waals surface area contributed by atoms with Crippen molar-refractivity contribution in [3.63, 3.8) is 0 Å². The van der Waals surface area contributed by atoms with Crippen molar-refractivity contribution in [3.8, 4) is 0 Å². The Morgan fingerprint density at radius 2 is 1.14 bits per heavy atom. The number of hydrogen-bond donors (Lipinski definition) is 3. The molecule has 0 saturated heterocycles. The molecule has 3 amide bonds. The van der Waals surface area contributed by atoms with Crippen molar-refractivity contribution < 1.29 is 14.4 Å². The van der Waals surface area contributed by atoms with Crippen LogP contribution < -0.4 is 16.0 Å². The normalized spacial score (nSPS) is 12.0. The zero-order chi connectivity index (χ0) is 26.0. The Balaban J connectivity index is 4.10. The first-order valence-electron chi connectivity index (χ1n) is 14.5. The van der Waals surface area contributed by atoms with Gasteiger partial charge in [0.2, 0.25) is 17.7 Å². The molecule has 6 nitrogen and oxygen atoms in total. The van der Waals surface area contributed by atoms with Crippen LogP contribution >= 0.6 is 0 Å². The molecule has 0 aromatic carbocycles. The summed E-state index contributed by atoms with van der Waals surface area (Å²) in [6, 6.07) is -0.647. The lowest BCUT2D eigenvalue weighted by atomic mass is 10.1. The average molecular weight is 494 g/mol. The molecule has 0 spiro atoms. The van der Waals surface area contributed by atoms with Crippen molar-refractivity contribution in [2.75, 3.05) is 13.1 Å². The molecule has 35 heavy (non-hydrogen) atoms. The molecule has 0 unspecified atom stereocenters. The number of allylic oxidation sites excluding steroid dienone is 2. The molecule has 0 radical (unpaired) electrons. The summed E-state index contributed by atoms with van der Waals surface area (Å²) in [4.78, 5) is 37.0. The number of carbonyl (C=O) groups is 3. The highest BCUT2D eigenvalue weighted by molar-refractivity contribution is 5.88. The highest BCUT2D eigenvalue weighted by atomic mass is 16.2. The molecule has 1 atom stereocenters.